The Bertz CT molecular complexity index is 768. The summed E-state index contributed by atoms with van der Waals surface area (Å²) >= 11 is 0. The second-order valence-corrected chi connectivity index (χ2v) is 4.30. The predicted octanol–water partition coefficient (Wildman–Crippen LogP) is 1.33. The fourth-order valence-electron chi connectivity index (χ4n) is 1.68. The maximum atomic E-state index is 11.6. The molecule has 0 aliphatic carbocycles. The summed E-state index contributed by atoms with van der Waals surface area (Å²) in [4.78, 5) is 21.9. The van der Waals surface area contributed by atoms with Gasteiger partial charge in [0.05, 0.1) is 11.7 Å². The number of aliphatic carboxylic acids is 1. The monoisotopic (exact) mass is 290 g/mol. The summed E-state index contributed by atoms with van der Waals surface area (Å²) in [6.45, 7) is 0. The zero-order chi connectivity index (χ0) is 15.8. The van der Waals surface area contributed by atoms with Crippen molar-refractivity contribution >= 4 is 17.6 Å². The van der Waals surface area contributed by atoms with Crippen molar-refractivity contribution in [2.45, 2.75) is 0 Å². The van der Waals surface area contributed by atoms with Crippen LogP contribution < -0.4 is 10.4 Å². The lowest BCUT2D eigenvalue weighted by atomic mass is 10.1. The molecule has 0 unspecified atom stereocenters. The Kier molecular flexibility index (Phi) is 5.11. The Morgan fingerprint density at radius 1 is 0.909 bits per heavy atom. The molecule has 0 radical (unpaired) electrons. The lowest BCUT2D eigenvalue weighted by molar-refractivity contribution is -0.297. The molecular weight excluding hydrogens is 278 g/mol. The fraction of sp³-hybridized carbons (Fsp3) is 0. The number of anilines is 1. The molecule has 108 valence electrons. The van der Waals surface area contributed by atoms with E-state index in [2.05, 4.69) is 17.2 Å². The van der Waals surface area contributed by atoms with Gasteiger partial charge in [0.2, 0.25) is 5.91 Å². The number of hydrogen-bond acceptors (Lipinski definition) is 3. The Labute approximate surface area is 128 Å². The SMILES string of the molecule is O=C([O-])/C=C\C(=O)Nc1ccccc1C#Cc1ccccc1. The van der Waals surface area contributed by atoms with Crippen molar-refractivity contribution in [2.24, 2.45) is 0 Å². The zero-order valence-electron chi connectivity index (χ0n) is 11.6. The summed E-state index contributed by atoms with van der Waals surface area (Å²) in [6.07, 6.45) is 1.57. The van der Waals surface area contributed by atoms with Crippen LogP contribution in [0.1, 0.15) is 11.1 Å². The molecule has 0 aliphatic heterocycles. The van der Waals surface area contributed by atoms with Crippen LogP contribution in [0, 0.1) is 11.8 Å². The third-order valence-electron chi connectivity index (χ3n) is 2.67. The van der Waals surface area contributed by atoms with Crippen LogP contribution in [0.4, 0.5) is 5.69 Å². The van der Waals surface area contributed by atoms with E-state index in [0.29, 0.717) is 17.3 Å². The van der Waals surface area contributed by atoms with Crippen LogP contribution in [-0.4, -0.2) is 11.9 Å². The van der Waals surface area contributed by atoms with Crippen LogP contribution in [-0.2, 0) is 9.59 Å². The molecule has 0 fully saturated rings. The third-order valence-corrected chi connectivity index (χ3v) is 2.67. The molecule has 2 aromatic carbocycles. The van der Waals surface area contributed by atoms with E-state index in [1.54, 1.807) is 18.2 Å². The molecule has 0 atom stereocenters. The van der Waals surface area contributed by atoms with Crippen molar-refractivity contribution in [3.05, 3.63) is 77.9 Å². The summed E-state index contributed by atoms with van der Waals surface area (Å²) in [5.41, 5.74) is 2.01. The quantitative estimate of drug-likeness (QED) is 0.685. The number of hydrogen-bond donors (Lipinski definition) is 1. The summed E-state index contributed by atoms with van der Waals surface area (Å²) in [5.74, 6) is 4.00. The zero-order valence-corrected chi connectivity index (χ0v) is 11.6. The first-order chi connectivity index (χ1) is 10.6. The van der Waals surface area contributed by atoms with Gasteiger partial charge in [-0.2, -0.15) is 0 Å². The second-order valence-electron chi connectivity index (χ2n) is 4.30. The highest BCUT2D eigenvalue weighted by molar-refractivity contribution is 6.02. The van der Waals surface area contributed by atoms with Gasteiger partial charge in [-0.1, -0.05) is 42.2 Å². The first kappa shape index (κ1) is 15.1. The number of carbonyl (C=O) groups excluding carboxylic acids is 2. The minimum atomic E-state index is -1.42. The Hall–Kier alpha value is -3.32. The number of carboxylic acid groups (broad SMARTS) is 1. The molecule has 1 N–H and O–H groups in total. The molecule has 0 aliphatic rings. The van der Waals surface area contributed by atoms with Crippen molar-refractivity contribution < 1.29 is 14.7 Å². The minimum absolute atomic E-state index is 0.513. The Morgan fingerprint density at radius 3 is 2.32 bits per heavy atom. The molecule has 2 aromatic rings. The molecule has 0 aromatic heterocycles. The first-order valence-electron chi connectivity index (χ1n) is 6.51. The minimum Gasteiger partial charge on any atom is -0.545 e. The van der Waals surface area contributed by atoms with E-state index >= 15 is 0 Å². The lowest BCUT2D eigenvalue weighted by Crippen LogP contribution is -2.20. The number of rotatable bonds is 3. The van der Waals surface area contributed by atoms with Crippen LogP contribution in [0.5, 0.6) is 0 Å². The molecule has 4 nitrogen and oxygen atoms in total. The number of benzene rings is 2. The molecule has 2 rings (SSSR count). The number of nitrogens with one attached hydrogen (secondary N) is 1. The normalized spacial score (nSPS) is 9.82. The van der Waals surface area contributed by atoms with Gasteiger partial charge in [-0.25, -0.2) is 0 Å². The van der Waals surface area contributed by atoms with E-state index in [-0.39, 0.29) is 0 Å². The van der Waals surface area contributed by atoms with Crippen molar-refractivity contribution in [3.63, 3.8) is 0 Å². The maximum absolute atomic E-state index is 11.6. The van der Waals surface area contributed by atoms with E-state index in [4.69, 9.17) is 0 Å². The molecule has 0 heterocycles. The summed E-state index contributed by atoms with van der Waals surface area (Å²) in [6, 6.07) is 16.5. The van der Waals surface area contributed by atoms with E-state index < -0.39 is 11.9 Å². The van der Waals surface area contributed by atoms with Gasteiger partial charge < -0.3 is 15.2 Å². The van der Waals surface area contributed by atoms with Crippen molar-refractivity contribution in [1.82, 2.24) is 0 Å². The highest BCUT2D eigenvalue weighted by Gasteiger charge is 2.02. The van der Waals surface area contributed by atoms with Crippen LogP contribution >= 0.6 is 0 Å². The van der Waals surface area contributed by atoms with Gasteiger partial charge >= 0.3 is 0 Å². The highest BCUT2D eigenvalue weighted by atomic mass is 16.4. The molecule has 4 heteroatoms. The maximum Gasteiger partial charge on any atom is 0.248 e. The summed E-state index contributed by atoms with van der Waals surface area (Å²) < 4.78 is 0. The van der Waals surface area contributed by atoms with E-state index in [1.165, 1.54) is 0 Å². The number of para-hydroxylation sites is 1. The summed E-state index contributed by atoms with van der Waals surface area (Å²) in [5, 5.41) is 12.9. The lowest BCUT2D eigenvalue weighted by Gasteiger charge is -2.04. The predicted molar refractivity (Wildman–Crippen MR) is 81.6 cm³/mol. The topological polar surface area (TPSA) is 69.2 Å². The number of amides is 1. The van der Waals surface area contributed by atoms with Gasteiger partial charge in [-0.3, -0.25) is 4.79 Å². The molecule has 0 saturated heterocycles. The molecule has 0 spiro atoms. The van der Waals surface area contributed by atoms with Crippen LogP contribution in [0.15, 0.2) is 66.7 Å². The van der Waals surface area contributed by atoms with Crippen molar-refractivity contribution in [2.75, 3.05) is 5.32 Å². The smallest absolute Gasteiger partial charge is 0.248 e. The van der Waals surface area contributed by atoms with Gasteiger partial charge in [0.15, 0.2) is 0 Å². The van der Waals surface area contributed by atoms with Crippen molar-refractivity contribution in [1.29, 1.82) is 0 Å². The molecular formula is C18H12NO3-. The average molecular weight is 290 g/mol. The van der Waals surface area contributed by atoms with Crippen LogP contribution in [0.3, 0.4) is 0 Å². The van der Waals surface area contributed by atoms with Gasteiger partial charge in [-0.15, -0.1) is 0 Å². The van der Waals surface area contributed by atoms with E-state index in [0.717, 1.165) is 11.6 Å². The second kappa shape index (κ2) is 7.46. The Morgan fingerprint density at radius 2 is 1.59 bits per heavy atom. The molecule has 0 bridgehead atoms. The average Bonchev–Trinajstić information content (AvgIpc) is 2.53. The molecule has 0 saturated carbocycles. The third kappa shape index (κ3) is 4.66. The number of carboxylic acids is 1. The standard InChI is InChI=1S/C18H13NO3/c20-17(12-13-18(21)22)19-16-9-5-4-8-15(16)11-10-14-6-2-1-3-7-14/h1-9,12-13H,(H,19,20)(H,21,22)/p-1/b13-12-. The van der Waals surface area contributed by atoms with Gasteiger partial charge in [0.25, 0.3) is 0 Å². The first-order valence-corrected chi connectivity index (χ1v) is 6.51. The van der Waals surface area contributed by atoms with E-state index in [1.807, 2.05) is 36.4 Å². The van der Waals surface area contributed by atoms with Crippen LogP contribution in [0.25, 0.3) is 0 Å². The van der Waals surface area contributed by atoms with Gasteiger partial charge in [-0.05, 0) is 30.3 Å². The fourth-order valence-corrected chi connectivity index (χ4v) is 1.68. The highest BCUT2D eigenvalue weighted by Crippen LogP contribution is 2.14. The largest absolute Gasteiger partial charge is 0.545 e. The van der Waals surface area contributed by atoms with Gasteiger partial charge in [0.1, 0.15) is 0 Å². The van der Waals surface area contributed by atoms with E-state index in [9.17, 15) is 14.7 Å². The van der Waals surface area contributed by atoms with Crippen LogP contribution in [0.2, 0.25) is 0 Å². The molecule has 22 heavy (non-hydrogen) atoms. The number of carbonyl (C=O) groups is 2. The van der Waals surface area contributed by atoms with Crippen molar-refractivity contribution in [3.8, 4) is 11.8 Å². The Balaban J connectivity index is 2.19. The van der Waals surface area contributed by atoms with Gasteiger partial charge in [0, 0.05) is 17.2 Å². The molecule has 1 amide bonds. The summed E-state index contributed by atoms with van der Waals surface area (Å²) in [7, 11) is 0.